The molecule has 0 aliphatic rings. The molecular weight excluding hydrogens is 348 g/mol. The summed E-state index contributed by atoms with van der Waals surface area (Å²) in [4.78, 5) is 10.9. The van der Waals surface area contributed by atoms with Gasteiger partial charge in [-0.1, -0.05) is 0 Å². The Bertz CT molecular complexity index is 475. The first-order valence-electron chi connectivity index (χ1n) is 3.93. The van der Waals surface area contributed by atoms with E-state index in [1.807, 2.05) is 3.63 Å². The molecule has 0 heterocycles. The van der Waals surface area contributed by atoms with Crippen LogP contribution < -0.4 is 0 Å². The molecule has 0 aliphatic carbocycles. The minimum absolute atomic E-state index is 0.750. The second kappa shape index (κ2) is 6.57. The van der Waals surface area contributed by atoms with Gasteiger partial charge in [-0.05, 0) is 0 Å². The summed E-state index contributed by atoms with van der Waals surface area (Å²) >= 11 is 0. The standard InChI is InChI=1S/C3H7NO.C2F6O5S2/c1-4(2)3-5;3-1(4,5)14(9,10)13-15(11,12)2(6,7)8/h3H,1-2H3;. The predicted octanol–water partition coefficient (Wildman–Crippen LogP) is 0.407. The summed E-state index contributed by atoms with van der Waals surface area (Å²) in [7, 11) is -10.3. The fourth-order valence-corrected chi connectivity index (χ4v) is 1.76. The molecular formula is C5H7F6NO6S2. The van der Waals surface area contributed by atoms with Crippen LogP contribution in [0, 0.1) is 0 Å². The number of hydrogen-bond acceptors (Lipinski definition) is 6. The highest BCUT2D eigenvalue weighted by atomic mass is 32.3. The van der Waals surface area contributed by atoms with E-state index in [0.717, 1.165) is 6.41 Å². The molecule has 0 saturated carbocycles. The monoisotopic (exact) mass is 355 g/mol. The average Bonchev–Trinajstić information content (AvgIpc) is 2.13. The number of carbonyl (C=O) groups excluding carboxylic acids is 1. The maximum absolute atomic E-state index is 11.4. The lowest BCUT2D eigenvalue weighted by Gasteiger charge is -2.09. The number of halogens is 6. The van der Waals surface area contributed by atoms with Gasteiger partial charge in [0.25, 0.3) is 0 Å². The van der Waals surface area contributed by atoms with Crippen molar-refractivity contribution >= 4 is 26.6 Å². The van der Waals surface area contributed by atoms with Gasteiger partial charge in [0.2, 0.25) is 6.41 Å². The first kappa shape index (κ1) is 21.2. The van der Waals surface area contributed by atoms with Gasteiger partial charge in [0.05, 0.1) is 0 Å². The van der Waals surface area contributed by atoms with Crippen molar-refractivity contribution in [1.82, 2.24) is 4.90 Å². The molecule has 0 aromatic heterocycles. The van der Waals surface area contributed by atoms with Crippen molar-refractivity contribution in [2.45, 2.75) is 11.0 Å². The fraction of sp³-hybridized carbons (Fsp3) is 0.800. The lowest BCUT2D eigenvalue weighted by Crippen LogP contribution is -2.34. The van der Waals surface area contributed by atoms with Crippen LogP contribution in [0.25, 0.3) is 0 Å². The van der Waals surface area contributed by atoms with E-state index < -0.39 is 31.3 Å². The van der Waals surface area contributed by atoms with E-state index in [0.29, 0.717) is 0 Å². The third-order valence-electron chi connectivity index (χ3n) is 0.957. The van der Waals surface area contributed by atoms with Crippen LogP contribution in [0.4, 0.5) is 26.3 Å². The van der Waals surface area contributed by atoms with Gasteiger partial charge in [-0.2, -0.15) is 43.2 Å². The van der Waals surface area contributed by atoms with Crippen molar-refractivity contribution in [2.24, 2.45) is 0 Å². The lowest BCUT2D eigenvalue weighted by molar-refractivity contribution is -0.115. The second-order valence-electron chi connectivity index (χ2n) is 2.94. The van der Waals surface area contributed by atoms with Gasteiger partial charge in [-0.15, -0.1) is 3.63 Å². The second-order valence-corrected chi connectivity index (χ2v) is 6.22. The van der Waals surface area contributed by atoms with Gasteiger partial charge in [0.1, 0.15) is 0 Å². The molecule has 0 N–H and O–H groups in total. The summed E-state index contributed by atoms with van der Waals surface area (Å²) in [6.07, 6.45) is 0.750. The summed E-state index contributed by atoms with van der Waals surface area (Å²) in [6.45, 7) is 0. The maximum atomic E-state index is 11.4. The van der Waals surface area contributed by atoms with E-state index in [4.69, 9.17) is 0 Å². The molecule has 0 aromatic rings. The number of nitrogens with zero attached hydrogens (tertiary/aromatic N) is 1. The molecule has 1 amide bonds. The highest BCUT2D eigenvalue weighted by Gasteiger charge is 2.57. The summed E-state index contributed by atoms with van der Waals surface area (Å²) in [5.74, 6) is 0. The van der Waals surface area contributed by atoms with Crippen LogP contribution in [0.3, 0.4) is 0 Å². The first-order chi connectivity index (χ1) is 8.48. The highest BCUT2D eigenvalue weighted by Crippen LogP contribution is 2.31. The molecule has 0 unspecified atom stereocenters. The van der Waals surface area contributed by atoms with Crippen molar-refractivity contribution in [3.8, 4) is 0 Å². The molecule has 0 radical (unpaired) electrons. The lowest BCUT2D eigenvalue weighted by atomic mass is 11.0. The van der Waals surface area contributed by atoms with Crippen LogP contribution in [0.2, 0.25) is 0 Å². The molecule has 0 saturated heterocycles. The third kappa shape index (κ3) is 6.90. The Labute approximate surface area is 109 Å². The molecule has 7 nitrogen and oxygen atoms in total. The van der Waals surface area contributed by atoms with Crippen LogP contribution in [0.5, 0.6) is 0 Å². The SMILES string of the molecule is CN(C)C=O.O=S(=O)(OS(=O)(=O)C(F)(F)F)C(F)(F)F. The van der Waals surface area contributed by atoms with Crippen molar-refractivity contribution in [2.75, 3.05) is 14.1 Å². The molecule has 0 fully saturated rings. The number of alkyl halides is 6. The van der Waals surface area contributed by atoms with Crippen LogP contribution >= 0.6 is 0 Å². The maximum Gasteiger partial charge on any atom is 0.524 e. The number of carbonyl (C=O) groups is 1. The van der Waals surface area contributed by atoms with E-state index in [1.54, 1.807) is 14.1 Å². The van der Waals surface area contributed by atoms with Gasteiger partial charge >= 0.3 is 31.3 Å². The zero-order valence-corrected chi connectivity index (χ0v) is 11.2. The van der Waals surface area contributed by atoms with Crippen molar-refractivity contribution in [1.29, 1.82) is 0 Å². The molecule has 15 heteroatoms. The molecule has 0 spiro atoms. The van der Waals surface area contributed by atoms with Gasteiger partial charge < -0.3 is 4.90 Å². The number of hydrogen-bond donors (Lipinski definition) is 0. The first-order valence-corrected chi connectivity index (χ1v) is 6.75. The van der Waals surface area contributed by atoms with E-state index >= 15 is 0 Å². The normalized spacial score (nSPS) is 13.2. The van der Waals surface area contributed by atoms with E-state index in [2.05, 4.69) is 0 Å². The van der Waals surface area contributed by atoms with Crippen LogP contribution in [-0.2, 0) is 28.7 Å². The summed E-state index contributed by atoms with van der Waals surface area (Å²) in [5.41, 5.74) is -12.5. The zero-order chi connectivity index (χ0) is 17.0. The Balaban J connectivity index is 0. The molecule has 0 aromatic carbocycles. The van der Waals surface area contributed by atoms with Crippen LogP contribution in [0.1, 0.15) is 0 Å². The Morgan fingerprint density at radius 2 is 1.05 bits per heavy atom. The largest absolute Gasteiger partial charge is 0.524 e. The topological polar surface area (TPSA) is 97.8 Å². The summed E-state index contributed by atoms with van der Waals surface area (Å²) in [5, 5.41) is 0. The fourth-order valence-electron chi connectivity index (χ4n) is 0.195. The summed E-state index contributed by atoms with van der Waals surface area (Å²) in [6, 6.07) is 0. The third-order valence-corrected chi connectivity index (χ3v) is 3.52. The molecule has 0 aliphatic heterocycles. The zero-order valence-electron chi connectivity index (χ0n) is 9.56. The van der Waals surface area contributed by atoms with E-state index in [-0.39, 0.29) is 0 Å². The molecule has 0 atom stereocenters. The quantitative estimate of drug-likeness (QED) is 0.413. The molecule has 0 rings (SSSR count). The number of amides is 1. The van der Waals surface area contributed by atoms with E-state index in [9.17, 15) is 48.0 Å². The molecule has 0 bridgehead atoms. The minimum atomic E-state index is -6.85. The Kier molecular flexibility index (Phi) is 6.97. The van der Waals surface area contributed by atoms with Crippen molar-refractivity contribution < 1.29 is 51.6 Å². The predicted molar refractivity (Wildman–Crippen MR) is 50.8 cm³/mol. The Morgan fingerprint density at radius 3 is 1.15 bits per heavy atom. The molecule has 122 valence electrons. The van der Waals surface area contributed by atoms with Crippen molar-refractivity contribution in [3.05, 3.63) is 0 Å². The smallest absolute Gasteiger partial charge is 0.351 e. The Morgan fingerprint density at radius 1 is 0.850 bits per heavy atom. The van der Waals surface area contributed by atoms with Gasteiger partial charge in [-0.3, -0.25) is 4.79 Å². The van der Waals surface area contributed by atoms with Crippen LogP contribution in [0.15, 0.2) is 0 Å². The van der Waals surface area contributed by atoms with Gasteiger partial charge in [0.15, 0.2) is 0 Å². The highest BCUT2D eigenvalue weighted by molar-refractivity contribution is 8.00. The Hall–Kier alpha value is -1.09. The summed E-state index contributed by atoms with van der Waals surface area (Å²) < 4.78 is 110. The van der Waals surface area contributed by atoms with Gasteiger partial charge in [-0.25, -0.2) is 0 Å². The van der Waals surface area contributed by atoms with Crippen LogP contribution in [-0.4, -0.2) is 53.3 Å². The number of rotatable bonds is 3. The van der Waals surface area contributed by atoms with Gasteiger partial charge in [0, 0.05) is 14.1 Å². The average molecular weight is 355 g/mol. The molecule has 20 heavy (non-hydrogen) atoms. The van der Waals surface area contributed by atoms with E-state index in [1.165, 1.54) is 4.90 Å². The van der Waals surface area contributed by atoms with Crippen molar-refractivity contribution in [3.63, 3.8) is 0 Å². The minimum Gasteiger partial charge on any atom is -0.351 e.